The topological polar surface area (TPSA) is 119 Å². The fourth-order valence-electron chi connectivity index (χ4n) is 1.95. The summed E-state index contributed by atoms with van der Waals surface area (Å²) in [6, 6.07) is 11.5. The quantitative estimate of drug-likeness (QED) is 0.748. The number of benzene rings is 2. The van der Waals surface area contributed by atoms with Gasteiger partial charge in [0.1, 0.15) is 0 Å². The van der Waals surface area contributed by atoms with Gasteiger partial charge in [-0.2, -0.15) is 0 Å². The molecule has 0 aromatic heterocycles. The lowest BCUT2D eigenvalue weighted by molar-refractivity contribution is -0.0258. The highest BCUT2D eigenvalue weighted by Crippen LogP contribution is 2.16. The number of hydroxylamine groups is 1. The molecule has 0 bridgehead atoms. The Hall–Kier alpha value is -2.75. The van der Waals surface area contributed by atoms with Crippen LogP contribution in [0, 0.1) is 0 Å². The molecule has 2 aromatic carbocycles. The Balaban J connectivity index is 2.14. The van der Waals surface area contributed by atoms with E-state index in [1.165, 1.54) is 50.6 Å². The molecule has 0 spiro atoms. The summed E-state index contributed by atoms with van der Waals surface area (Å²) in [6.07, 6.45) is 0. The summed E-state index contributed by atoms with van der Waals surface area (Å²) in [5.74, 6) is -0.980. The largest absolute Gasteiger partial charge is 0.366 e. The molecule has 3 N–H and O–H groups in total. The van der Waals surface area contributed by atoms with E-state index in [0.29, 0.717) is 11.3 Å². The first kappa shape index (κ1) is 18.6. The van der Waals surface area contributed by atoms with Crippen LogP contribution in [0.2, 0.25) is 0 Å². The van der Waals surface area contributed by atoms with Crippen LogP contribution in [0.25, 0.3) is 0 Å². The maximum Gasteiger partial charge on any atom is 0.264 e. The zero-order chi connectivity index (χ0) is 18.6. The molecule has 0 aliphatic carbocycles. The van der Waals surface area contributed by atoms with Crippen LogP contribution in [0.1, 0.15) is 20.7 Å². The number of primary amides is 1. The van der Waals surface area contributed by atoms with E-state index in [0.717, 1.165) is 4.47 Å². The minimum atomic E-state index is -3.77. The van der Waals surface area contributed by atoms with Crippen LogP contribution < -0.4 is 11.1 Å². The molecule has 0 aliphatic rings. The van der Waals surface area contributed by atoms with E-state index in [-0.39, 0.29) is 10.5 Å². The van der Waals surface area contributed by atoms with Gasteiger partial charge in [-0.1, -0.05) is 4.47 Å². The molecule has 2 rings (SSSR count). The third kappa shape index (κ3) is 4.21. The number of amides is 2. The number of sulfonamides is 1. The molecule has 0 atom stereocenters. The second-order valence-electron chi connectivity index (χ2n) is 5.02. The first-order chi connectivity index (χ1) is 11.8. The summed E-state index contributed by atoms with van der Waals surface area (Å²) in [5.41, 5.74) is 6.23. The summed E-state index contributed by atoms with van der Waals surface area (Å²) in [5, 5.41) is 2.64. The van der Waals surface area contributed by atoms with E-state index in [1.807, 2.05) is 0 Å². The molecule has 2 aromatic rings. The summed E-state index contributed by atoms with van der Waals surface area (Å²) in [7, 11) is -1.26. The number of nitrogens with one attached hydrogen (secondary N) is 1. The number of rotatable bonds is 6. The van der Waals surface area contributed by atoms with Crippen molar-refractivity contribution in [1.82, 2.24) is 4.47 Å². The first-order valence-electron chi connectivity index (χ1n) is 7.10. The predicted octanol–water partition coefficient (Wildman–Crippen LogP) is 1.22. The molecule has 0 heterocycles. The third-order valence-corrected chi connectivity index (χ3v) is 5.13. The number of nitrogens with two attached hydrogens (primary N) is 1. The number of carbonyl (C=O) groups is 2. The average Bonchev–Trinajstić information content (AvgIpc) is 2.61. The highest BCUT2D eigenvalue weighted by molar-refractivity contribution is 7.89. The normalized spacial score (nSPS) is 11.3. The summed E-state index contributed by atoms with van der Waals surface area (Å²) in [4.78, 5) is 27.9. The highest BCUT2D eigenvalue weighted by atomic mass is 32.2. The summed E-state index contributed by atoms with van der Waals surface area (Å²) in [6.45, 7) is 0. The zero-order valence-corrected chi connectivity index (χ0v) is 14.4. The van der Waals surface area contributed by atoms with Crippen LogP contribution in [-0.4, -0.2) is 38.9 Å². The van der Waals surface area contributed by atoms with Crippen LogP contribution in [0.3, 0.4) is 0 Å². The number of anilines is 1. The van der Waals surface area contributed by atoms with Crippen molar-refractivity contribution in [2.75, 3.05) is 19.5 Å². The van der Waals surface area contributed by atoms with E-state index in [2.05, 4.69) is 10.2 Å². The van der Waals surface area contributed by atoms with Gasteiger partial charge in [-0.3, -0.25) is 14.4 Å². The van der Waals surface area contributed by atoms with Crippen LogP contribution >= 0.6 is 0 Å². The molecule has 0 aliphatic heterocycles. The maximum absolute atomic E-state index is 12.2. The van der Waals surface area contributed by atoms with Gasteiger partial charge in [0, 0.05) is 23.9 Å². The van der Waals surface area contributed by atoms with E-state index in [9.17, 15) is 18.0 Å². The number of hydrogen-bond acceptors (Lipinski definition) is 5. The number of hydrogen-bond donors (Lipinski definition) is 2. The van der Waals surface area contributed by atoms with Crippen LogP contribution in [-0.2, 0) is 14.9 Å². The summed E-state index contributed by atoms with van der Waals surface area (Å²) >= 11 is 0. The van der Waals surface area contributed by atoms with Gasteiger partial charge >= 0.3 is 0 Å². The van der Waals surface area contributed by atoms with Crippen molar-refractivity contribution in [2.45, 2.75) is 4.90 Å². The van der Waals surface area contributed by atoms with Crippen LogP contribution in [0.15, 0.2) is 53.4 Å². The Morgan fingerprint density at radius 3 is 2.00 bits per heavy atom. The van der Waals surface area contributed by atoms with Crippen molar-refractivity contribution < 1.29 is 22.8 Å². The van der Waals surface area contributed by atoms with E-state index >= 15 is 0 Å². The van der Waals surface area contributed by atoms with Gasteiger partial charge in [0.05, 0.1) is 12.0 Å². The fourth-order valence-corrected chi connectivity index (χ4v) is 2.92. The molecule has 0 unspecified atom stereocenters. The minimum Gasteiger partial charge on any atom is -0.366 e. The van der Waals surface area contributed by atoms with Crippen LogP contribution in [0.4, 0.5) is 5.69 Å². The minimum absolute atomic E-state index is 0.000730. The molecule has 25 heavy (non-hydrogen) atoms. The SMILES string of the molecule is CON(C)S(=O)(=O)c1ccc(C(=O)Nc2ccc(C(N)=O)cc2)cc1. The van der Waals surface area contributed by atoms with Crippen molar-refractivity contribution in [3.05, 3.63) is 59.7 Å². The van der Waals surface area contributed by atoms with Gasteiger partial charge in [-0.15, -0.1) is 0 Å². The second-order valence-corrected chi connectivity index (χ2v) is 6.95. The van der Waals surface area contributed by atoms with Gasteiger partial charge in [0.2, 0.25) is 5.91 Å². The van der Waals surface area contributed by atoms with Crippen molar-refractivity contribution in [3.63, 3.8) is 0 Å². The predicted molar refractivity (Wildman–Crippen MR) is 91.3 cm³/mol. The number of carbonyl (C=O) groups excluding carboxylic acids is 2. The van der Waals surface area contributed by atoms with E-state index in [4.69, 9.17) is 5.73 Å². The second kappa shape index (κ2) is 7.43. The van der Waals surface area contributed by atoms with Crippen LogP contribution in [0.5, 0.6) is 0 Å². The molecule has 0 fully saturated rings. The number of nitrogens with zero attached hydrogens (tertiary/aromatic N) is 1. The van der Waals surface area contributed by atoms with E-state index < -0.39 is 21.8 Å². The lowest BCUT2D eigenvalue weighted by Gasteiger charge is -2.14. The van der Waals surface area contributed by atoms with Crippen molar-refractivity contribution in [3.8, 4) is 0 Å². The lowest BCUT2D eigenvalue weighted by Crippen LogP contribution is -2.25. The maximum atomic E-state index is 12.2. The van der Waals surface area contributed by atoms with Gasteiger partial charge < -0.3 is 11.1 Å². The molecule has 8 nitrogen and oxygen atoms in total. The Labute approximate surface area is 145 Å². The molecular formula is C16H17N3O5S. The molecule has 132 valence electrons. The molecule has 0 radical (unpaired) electrons. The lowest BCUT2D eigenvalue weighted by atomic mass is 10.2. The molecule has 0 saturated heterocycles. The van der Waals surface area contributed by atoms with Crippen molar-refractivity contribution in [1.29, 1.82) is 0 Å². The summed E-state index contributed by atoms with van der Waals surface area (Å²) < 4.78 is 24.9. The van der Waals surface area contributed by atoms with Gasteiger partial charge in [0.25, 0.3) is 15.9 Å². The first-order valence-corrected chi connectivity index (χ1v) is 8.54. The zero-order valence-electron chi connectivity index (χ0n) is 13.6. The Bertz CT molecular complexity index is 877. The molecule has 9 heteroatoms. The Morgan fingerprint density at radius 2 is 1.52 bits per heavy atom. The van der Waals surface area contributed by atoms with Crippen molar-refractivity contribution in [2.24, 2.45) is 5.73 Å². The molecular weight excluding hydrogens is 346 g/mol. The van der Waals surface area contributed by atoms with Gasteiger partial charge in [0.15, 0.2) is 0 Å². The smallest absolute Gasteiger partial charge is 0.264 e. The van der Waals surface area contributed by atoms with Crippen molar-refractivity contribution >= 4 is 27.5 Å². The van der Waals surface area contributed by atoms with E-state index in [1.54, 1.807) is 12.1 Å². The monoisotopic (exact) mass is 363 g/mol. The molecule has 0 saturated carbocycles. The third-order valence-electron chi connectivity index (χ3n) is 3.44. The highest BCUT2D eigenvalue weighted by Gasteiger charge is 2.21. The fraction of sp³-hybridized carbons (Fsp3) is 0.125. The standard InChI is InChI=1S/C16H17N3O5S/c1-19(24-2)25(22,23)14-9-5-12(6-10-14)16(21)18-13-7-3-11(4-8-13)15(17)20/h3-10H,1-2H3,(H2,17,20)(H,18,21). The Morgan fingerprint density at radius 1 is 1.00 bits per heavy atom. The average molecular weight is 363 g/mol. The van der Waals surface area contributed by atoms with Gasteiger partial charge in [-0.05, 0) is 48.5 Å². The Kier molecular flexibility index (Phi) is 5.52. The molecule has 2 amide bonds. The van der Waals surface area contributed by atoms with Gasteiger partial charge in [-0.25, -0.2) is 8.42 Å².